The Hall–Kier alpha value is -2.89. The molecule has 3 N–H and O–H groups in total. The molecule has 0 saturated heterocycles. The van der Waals surface area contributed by atoms with Crippen molar-refractivity contribution in [1.29, 1.82) is 0 Å². The molecule has 1 aliphatic rings. The molecule has 1 aliphatic carbocycles. The zero-order chi connectivity index (χ0) is 17.3. The van der Waals surface area contributed by atoms with Crippen molar-refractivity contribution in [2.75, 3.05) is 5.73 Å². The van der Waals surface area contributed by atoms with Crippen molar-refractivity contribution in [1.82, 2.24) is 5.32 Å². The number of carbonyl (C=O) groups is 1. The van der Waals surface area contributed by atoms with Gasteiger partial charge in [0.2, 0.25) is 0 Å². The van der Waals surface area contributed by atoms with Crippen LogP contribution in [-0.4, -0.2) is 10.8 Å². The van der Waals surface area contributed by atoms with Crippen molar-refractivity contribution in [2.24, 2.45) is 5.92 Å². The van der Waals surface area contributed by atoms with Crippen LogP contribution in [0.5, 0.6) is 0 Å². The highest BCUT2D eigenvalue weighted by Gasteiger charge is 2.33. The summed E-state index contributed by atoms with van der Waals surface area (Å²) in [6.45, 7) is 2.02. The minimum absolute atomic E-state index is 0.0498. The number of anilines is 1. The second-order valence-corrected chi connectivity index (χ2v) is 6.23. The molecule has 1 unspecified atom stereocenters. The van der Waals surface area contributed by atoms with Gasteiger partial charge in [0, 0.05) is 11.6 Å². The molecular formula is C18H19N3O3. The number of hydrogen-bond acceptors (Lipinski definition) is 4. The smallest absolute Gasteiger partial charge is 0.292 e. The molecule has 6 nitrogen and oxygen atoms in total. The standard InChI is InChI=1S/C18H19N3O3/c1-11-2-4-12(5-3-11)17(13-6-7-13)20-18(22)14-8-9-15(19)16(10-14)21(23)24/h2-5,8-10,13,17H,6-7,19H2,1H3,(H,20,22). The number of rotatable bonds is 5. The number of nitrogens with zero attached hydrogens (tertiary/aromatic N) is 1. The number of nitro benzene ring substituents is 1. The van der Waals surface area contributed by atoms with E-state index in [4.69, 9.17) is 5.73 Å². The summed E-state index contributed by atoms with van der Waals surface area (Å²) in [5.74, 6) is 0.0935. The first-order chi connectivity index (χ1) is 11.5. The molecule has 0 spiro atoms. The van der Waals surface area contributed by atoms with Crippen LogP contribution in [0.15, 0.2) is 42.5 Å². The van der Waals surface area contributed by atoms with E-state index in [1.807, 2.05) is 31.2 Å². The number of amides is 1. The zero-order valence-corrected chi connectivity index (χ0v) is 13.4. The van der Waals surface area contributed by atoms with E-state index >= 15 is 0 Å². The van der Waals surface area contributed by atoms with Gasteiger partial charge in [-0.05, 0) is 43.4 Å². The van der Waals surface area contributed by atoms with E-state index in [1.165, 1.54) is 18.2 Å². The van der Waals surface area contributed by atoms with Gasteiger partial charge in [0.05, 0.1) is 11.0 Å². The first-order valence-corrected chi connectivity index (χ1v) is 7.87. The minimum atomic E-state index is -0.579. The average molecular weight is 325 g/mol. The lowest BCUT2D eigenvalue weighted by Gasteiger charge is -2.19. The van der Waals surface area contributed by atoms with E-state index in [9.17, 15) is 14.9 Å². The normalized spacial score (nSPS) is 14.9. The summed E-state index contributed by atoms with van der Waals surface area (Å²) < 4.78 is 0. The molecule has 1 amide bonds. The lowest BCUT2D eigenvalue weighted by Crippen LogP contribution is -2.30. The molecule has 0 aromatic heterocycles. The van der Waals surface area contributed by atoms with E-state index in [1.54, 1.807) is 0 Å². The van der Waals surface area contributed by atoms with Crippen LogP contribution in [0.1, 0.15) is 40.4 Å². The van der Waals surface area contributed by atoms with Gasteiger partial charge < -0.3 is 11.1 Å². The Morgan fingerprint density at radius 2 is 1.92 bits per heavy atom. The summed E-state index contributed by atoms with van der Waals surface area (Å²) in [6.07, 6.45) is 2.14. The average Bonchev–Trinajstić information content (AvgIpc) is 3.38. The molecule has 0 radical (unpaired) electrons. The number of nitro groups is 1. The molecule has 124 valence electrons. The Kier molecular flexibility index (Phi) is 4.20. The number of aryl methyl sites for hydroxylation is 1. The molecule has 24 heavy (non-hydrogen) atoms. The highest BCUT2D eigenvalue weighted by Crippen LogP contribution is 2.41. The first kappa shape index (κ1) is 16.0. The lowest BCUT2D eigenvalue weighted by atomic mass is 10.0. The molecule has 0 aliphatic heterocycles. The Bertz CT molecular complexity index is 783. The van der Waals surface area contributed by atoms with Crippen LogP contribution in [0.25, 0.3) is 0 Å². The zero-order valence-electron chi connectivity index (χ0n) is 13.4. The predicted molar refractivity (Wildman–Crippen MR) is 91.6 cm³/mol. The van der Waals surface area contributed by atoms with Crippen LogP contribution >= 0.6 is 0 Å². The second-order valence-electron chi connectivity index (χ2n) is 6.23. The molecule has 3 rings (SSSR count). The van der Waals surface area contributed by atoms with Gasteiger partial charge in [-0.25, -0.2) is 0 Å². The third-order valence-corrected chi connectivity index (χ3v) is 4.31. The molecule has 1 atom stereocenters. The Balaban J connectivity index is 1.83. The summed E-state index contributed by atoms with van der Waals surface area (Å²) in [5.41, 5.74) is 7.84. The van der Waals surface area contributed by atoms with Gasteiger partial charge in [0.15, 0.2) is 0 Å². The van der Waals surface area contributed by atoms with E-state index in [0.29, 0.717) is 5.92 Å². The third-order valence-electron chi connectivity index (χ3n) is 4.31. The molecular weight excluding hydrogens is 306 g/mol. The van der Waals surface area contributed by atoms with Crippen LogP contribution in [0, 0.1) is 23.0 Å². The van der Waals surface area contributed by atoms with E-state index in [-0.39, 0.29) is 28.9 Å². The minimum Gasteiger partial charge on any atom is -0.393 e. The predicted octanol–water partition coefficient (Wildman–Crippen LogP) is 3.37. The largest absolute Gasteiger partial charge is 0.393 e. The Morgan fingerprint density at radius 3 is 2.50 bits per heavy atom. The fourth-order valence-electron chi connectivity index (χ4n) is 2.74. The van der Waals surface area contributed by atoms with Crippen molar-refractivity contribution in [3.05, 3.63) is 69.3 Å². The summed E-state index contributed by atoms with van der Waals surface area (Å²) in [5, 5.41) is 14.0. The van der Waals surface area contributed by atoms with Crippen LogP contribution < -0.4 is 11.1 Å². The molecule has 0 heterocycles. The molecule has 0 bridgehead atoms. The van der Waals surface area contributed by atoms with E-state index in [0.717, 1.165) is 24.0 Å². The van der Waals surface area contributed by atoms with Crippen LogP contribution in [0.2, 0.25) is 0 Å². The van der Waals surface area contributed by atoms with Crippen molar-refractivity contribution >= 4 is 17.3 Å². The van der Waals surface area contributed by atoms with E-state index < -0.39 is 4.92 Å². The third kappa shape index (κ3) is 3.37. The Labute approximate surface area is 139 Å². The van der Waals surface area contributed by atoms with Gasteiger partial charge >= 0.3 is 0 Å². The molecule has 6 heteroatoms. The molecule has 1 saturated carbocycles. The molecule has 2 aromatic carbocycles. The first-order valence-electron chi connectivity index (χ1n) is 7.87. The Morgan fingerprint density at radius 1 is 1.25 bits per heavy atom. The number of nitrogens with one attached hydrogen (secondary N) is 1. The van der Waals surface area contributed by atoms with Crippen molar-refractivity contribution < 1.29 is 9.72 Å². The van der Waals surface area contributed by atoms with Crippen molar-refractivity contribution in [2.45, 2.75) is 25.8 Å². The van der Waals surface area contributed by atoms with Gasteiger partial charge in [0.25, 0.3) is 11.6 Å². The summed E-state index contributed by atoms with van der Waals surface area (Å²) in [6, 6.07) is 12.1. The maximum absolute atomic E-state index is 12.5. The second kappa shape index (κ2) is 6.31. The summed E-state index contributed by atoms with van der Waals surface area (Å²) >= 11 is 0. The summed E-state index contributed by atoms with van der Waals surface area (Å²) in [4.78, 5) is 22.9. The SMILES string of the molecule is Cc1ccc(C(NC(=O)c2ccc(N)c([N+](=O)[O-])c2)C2CC2)cc1. The maximum atomic E-state index is 12.5. The lowest BCUT2D eigenvalue weighted by molar-refractivity contribution is -0.383. The van der Waals surface area contributed by atoms with Gasteiger partial charge in [-0.3, -0.25) is 14.9 Å². The highest BCUT2D eigenvalue weighted by molar-refractivity contribution is 5.95. The van der Waals surface area contributed by atoms with Crippen LogP contribution in [0.4, 0.5) is 11.4 Å². The number of benzene rings is 2. The number of nitrogens with two attached hydrogens (primary N) is 1. The molecule has 2 aromatic rings. The quantitative estimate of drug-likeness (QED) is 0.500. The van der Waals surface area contributed by atoms with Crippen LogP contribution in [0.3, 0.4) is 0 Å². The topological polar surface area (TPSA) is 98.3 Å². The van der Waals surface area contributed by atoms with Crippen molar-refractivity contribution in [3.63, 3.8) is 0 Å². The molecule has 1 fully saturated rings. The monoisotopic (exact) mass is 325 g/mol. The van der Waals surface area contributed by atoms with Gasteiger partial charge in [-0.15, -0.1) is 0 Å². The maximum Gasteiger partial charge on any atom is 0.292 e. The number of hydrogen-bond donors (Lipinski definition) is 2. The summed E-state index contributed by atoms with van der Waals surface area (Å²) in [7, 11) is 0. The van der Waals surface area contributed by atoms with Crippen LogP contribution in [-0.2, 0) is 0 Å². The van der Waals surface area contributed by atoms with E-state index in [2.05, 4.69) is 5.32 Å². The van der Waals surface area contributed by atoms with Gasteiger partial charge in [-0.2, -0.15) is 0 Å². The van der Waals surface area contributed by atoms with Crippen molar-refractivity contribution in [3.8, 4) is 0 Å². The highest BCUT2D eigenvalue weighted by atomic mass is 16.6. The van der Waals surface area contributed by atoms with Gasteiger partial charge in [-0.1, -0.05) is 29.8 Å². The number of carbonyl (C=O) groups excluding carboxylic acids is 1. The number of nitrogen functional groups attached to an aromatic ring is 1. The fraction of sp³-hybridized carbons (Fsp3) is 0.278. The van der Waals surface area contributed by atoms with Gasteiger partial charge in [0.1, 0.15) is 5.69 Å². The fourth-order valence-corrected chi connectivity index (χ4v) is 2.74.